The molecule has 0 bridgehead atoms. The fourth-order valence-electron chi connectivity index (χ4n) is 2.25. The van der Waals surface area contributed by atoms with E-state index in [1.54, 1.807) is 35.8 Å². The van der Waals surface area contributed by atoms with Gasteiger partial charge in [0.2, 0.25) is 0 Å². The van der Waals surface area contributed by atoms with Crippen LogP contribution in [0.4, 0.5) is 0 Å². The van der Waals surface area contributed by atoms with Crippen molar-refractivity contribution < 1.29 is 9.53 Å². The summed E-state index contributed by atoms with van der Waals surface area (Å²) in [6, 6.07) is 21.0. The van der Waals surface area contributed by atoms with E-state index in [0.29, 0.717) is 17.9 Å². The highest BCUT2D eigenvalue weighted by atomic mass is 32.1. The fraction of sp³-hybridized carbons (Fsp3) is 0.100. The molecule has 0 aliphatic rings. The number of hydrogen-bond acceptors (Lipinski definition) is 4. The number of aryl methyl sites for hydroxylation is 1. The maximum atomic E-state index is 12.4. The van der Waals surface area contributed by atoms with Crippen LogP contribution in [-0.2, 0) is 6.61 Å². The zero-order chi connectivity index (χ0) is 17.5. The van der Waals surface area contributed by atoms with E-state index in [-0.39, 0.29) is 5.91 Å². The van der Waals surface area contributed by atoms with E-state index in [2.05, 4.69) is 10.5 Å². The molecule has 3 rings (SSSR count). The molecular weight excluding hydrogens is 332 g/mol. The summed E-state index contributed by atoms with van der Waals surface area (Å²) >= 11 is 1.62. The van der Waals surface area contributed by atoms with Crippen LogP contribution in [0.2, 0.25) is 0 Å². The molecular formula is C20H18N2O2S. The molecule has 0 aliphatic heterocycles. The van der Waals surface area contributed by atoms with Crippen molar-refractivity contribution in [1.82, 2.24) is 5.43 Å². The van der Waals surface area contributed by atoms with Crippen molar-refractivity contribution in [3.05, 3.63) is 87.6 Å². The minimum Gasteiger partial charge on any atom is -0.488 e. The van der Waals surface area contributed by atoms with E-state index in [1.807, 2.05) is 55.5 Å². The molecule has 0 atom stereocenters. The Bertz CT molecular complexity index is 872. The second-order valence-corrected chi connectivity index (χ2v) is 6.74. The van der Waals surface area contributed by atoms with Gasteiger partial charge < -0.3 is 4.74 Å². The molecule has 1 heterocycles. The molecule has 25 heavy (non-hydrogen) atoms. The van der Waals surface area contributed by atoms with Gasteiger partial charge in [-0.1, -0.05) is 42.5 Å². The van der Waals surface area contributed by atoms with Crippen molar-refractivity contribution in [2.75, 3.05) is 0 Å². The number of nitrogens with zero attached hydrogens (tertiary/aromatic N) is 1. The number of rotatable bonds is 6. The molecule has 0 spiro atoms. The van der Waals surface area contributed by atoms with Crippen LogP contribution in [0.5, 0.6) is 5.75 Å². The molecule has 0 radical (unpaired) electrons. The number of amides is 1. The van der Waals surface area contributed by atoms with Crippen LogP contribution in [0.25, 0.3) is 0 Å². The number of thiophene rings is 1. The summed E-state index contributed by atoms with van der Waals surface area (Å²) in [5, 5.41) is 4.02. The molecule has 2 aromatic carbocycles. The predicted molar refractivity (Wildman–Crippen MR) is 101 cm³/mol. The van der Waals surface area contributed by atoms with Crippen LogP contribution < -0.4 is 10.2 Å². The van der Waals surface area contributed by atoms with Crippen molar-refractivity contribution in [3.8, 4) is 5.75 Å². The van der Waals surface area contributed by atoms with Crippen LogP contribution >= 0.6 is 11.3 Å². The molecule has 1 amide bonds. The monoisotopic (exact) mass is 350 g/mol. The molecule has 0 aliphatic carbocycles. The first kappa shape index (κ1) is 16.9. The number of hydrazone groups is 1. The van der Waals surface area contributed by atoms with Gasteiger partial charge in [-0.05, 0) is 36.8 Å². The summed E-state index contributed by atoms with van der Waals surface area (Å²) < 4.78 is 5.80. The Labute approximate surface area is 150 Å². The minimum atomic E-state index is -0.298. The smallest absolute Gasteiger partial charge is 0.275 e. The molecule has 0 fully saturated rings. The van der Waals surface area contributed by atoms with Crippen molar-refractivity contribution in [1.29, 1.82) is 0 Å². The van der Waals surface area contributed by atoms with E-state index >= 15 is 0 Å². The van der Waals surface area contributed by atoms with Gasteiger partial charge in [-0.15, -0.1) is 11.3 Å². The highest BCUT2D eigenvalue weighted by molar-refractivity contribution is 7.13. The summed E-state index contributed by atoms with van der Waals surface area (Å²) in [5.41, 5.74) is 4.05. The SMILES string of the molecule is Cc1ccc(/C=N/NC(=O)c2ccccc2OCc2ccccc2)s1. The summed E-state index contributed by atoms with van der Waals surface area (Å²) in [4.78, 5) is 14.6. The van der Waals surface area contributed by atoms with Gasteiger partial charge in [-0.25, -0.2) is 5.43 Å². The standard InChI is InChI=1S/C20H18N2O2S/c1-15-11-12-17(25-15)13-21-22-20(23)18-9-5-6-10-19(18)24-14-16-7-3-2-4-8-16/h2-13H,14H2,1H3,(H,22,23)/b21-13+. The molecule has 1 N–H and O–H groups in total. The largest absolute Gasteiger partial charge is 0.488 e. The first-order valence-corrected chi connectivity index (χ1v) is 8.69. The maximum absolute atomic E-state index is 12.4. The zero-order valence-corrected chi connectivity index (χ0v) is 14.6. The van der Waals surface area contributed by atoms with E-state index in [0.717, 1.165) is 10.4 Å². The Morgan fingerprint density at radius 3 is 2.60 bits per heavy atom. The lowest BCUT2D eigenvalue weighted by molar-refractivity contribution is 0.0950. The highest BCUT2D eigenvalue weighted by Gasteiger charge is 2.11. The topological polar surface area (TPSA) is 50.7 Å². The number of ether oxygens (including phenoxy) is 1. The van der Waals surface area contributed by atoms with Gasteiger partial charge in [-0.3, -0.25) is 4.79 Å². The summed E-state index contributed by atoms with van der Waals surface area (Å²) in [6.45, 7) is 2.43. The van der Waals surface area contributed by atoms with E-state index in [9.17, 15) is 4.79 Å². The molecule has 126 valence electrons. The average molecular weight is 350 g/mol. The van der Waals surface area contributed by atoms with Crippen LogP contribution in [0.1, 0.15) is 25.7 Å². The van der Waals surface area contributed by atoms with Gasteiger partial charge in [0.1, 0.15) is 12.4 Å². The second kappa shape index (κ2) is 8.26. The number of carbonyl (C=O) groups excluding carboxylic acids is 1. The highest BCUT2D eigenvalue weighted by Crippen LogP contribution is 2.19. The molecule has 1 aromatic heterocycles. The summed E-state index contributed by atoms with van der Waals surface area (Å²) in [6.07, 6.45) is 1.64. The third-order valence-electron chi connectivity index (χ3n) is 3.49. The van der Waals surface area contributed by atoms with E-state index < -0.39 is 0 Å². The fourth-order valence-corrected chi connectivity index (χ4v) is 3.00. The van der Waals surface area contributed by atoms with Crippen LogP contribution in [0.3, 0.4) is 0 Å². The average Bonchev–Trinajstić information content (AvgIpc) is 3.06. The third kappa shape index (κ3) is 4.78. The Morgan fingerprint density at radius 2 is 1.84 bits per heavy atom. The van der Waals surface area contributed by atoms with Crippen LogP contribution in [0.15, 0.2) is 71.8 Å². The molecule has 4 nitrogen and oxygen atoms in total. The Morgan fingerprint density at radius 1 is 1.08 bits per heavy atom. The number of para-hydroxylation sites is 1. The first-order valence-electron chi connectivity index (χ1n) is 7.88. The van der Waals surface area contributed by atoms with Crippen LogP contribution in [-0.4, -0.2) is 12.1 Å². The van der Waals surface area contributed by atoms with Gasteiger partial charge in [0.15, 0.2) is 0 Å². The maximum Gasteiger partial charge on any atom is 0.275 e. The normalized spacial score (nSPS) is 10.8. The lowest BCUT2D eigenvalue weighted by atomic mass is 10.2. The van der Waals surface area contributed by atoms with Crippen LogP contribution in [0, 0.1) is 6.92 Å². The predicted octanol–water partition coefficient (Wildman–Crippen LogP) is 4.40. The van der Waals surface area contributed by atoms with Gasteiger partial charge in [-0.2, -0.15) is 5.10 Å². The zero-order valence-electron chi connectivity index (χ0n) is 13.8. The number of benzene rings is 2. The van der Waals surface area contributed by atoms with E-state index in [4.69, 9.17) is 4.74 Å². The van der Waals surface area contributed by atoms with Gasteiger partial charge >= 0.3 is 0 Å². The molecule has 0 saturated heterocycles. The van der Waals surface area contributed by atoms with Crippen molar-refractivity contribution in [2.45, 2.75) is 13.5 Å². The summed E-state index contributed by atoms with van der Waals surface area (Å²) in [7, 11) is 0. The van der Waals surface area contributed by atoms with Crippen molar-refractivity contribution >= 4 is 23.5 Å². The number of hydrogen-bond donors (Lipinski definition) is 1. The molecule has 3 aromatic rings. The Hall–Kier alpha value is -2.92. The first-order chi connectivity index (χ1) is 12.2. The van der Waals surface area contributed by atoms with E-state index in [1.165, 1.54) is 4.88 Å². The minimum absolute atomic E-state index is 0.298. The van der Waals surface area contributed by atoms with Crippen molar-refractivity contribution in [2.24, 2.45) is 5.10 Å². The van der Waals surface area contributed by atoms with Gasteiger partial charge in [0.05, 0.1) is 11.8 Å². The Kier molecular flexibility index (Phi) is 5.59. The number of nitrogens with one attached hydrogen (secondary N) is 1. The summed E-state index contributed by atoms with van der Waals surface area (Å²) in [5.74, 6) is 0.235. The Balaban J connectivity index is 1.65. The molecule has 0 saturated carbocycles. The quantitative estimate of drug-likeness (QED) is 0.529. The lowest BCUT2D eigenvalue weighted by Gasteiger charge is -2.10. The second-order valence-electron chi connectivity index (χ2n) is 5.42. The van der Waals surface area contributed by atoms with Gasteiger partial charge in [0.25, 0.3) is 5.91 Å². The molecule has 0 unspecified atom stereocenters. The van der Waals surface area contributed by atoms with Gasteiger partial charge in [0, 0.05) is 9.75 Å². The third-order valence-corrected chi connectivity index (χ3v) is 4.42. The van der Waals surface area contributed by atoms with Crippen molar-refractivity contribution in [3.63, 3.8) is 0 Å². The number of carbonyl (C=O) groups is 1. The lowest BCUT2D eigenvalue weighted by Crippen LogP contribution is -2.18. The molecule has 5 heteroatoms.